The van der Waals surface area contributed by atoms with Crippen LogP contribution in [-0.2, 0) is 0 Å². The Labute approximate surface area is 36.6 Å². The largest absolute Gasteiger partial charge is 0.355 e. The smallest absolute Gasteiger partial charge is 0.142 e. The summed E-state index contributed by atoms with van der Waals surface area (Å²) < 4.78 is 0. The van der Waals surface area contributed by atoms with E-state index in [-0.39, 0.29) is 0 Å². The van der Waals surface area contributed by atoms with E-state index in [2.05, 4.69) is 24.5 Å². The van der Waals surface area contributed by atoms with Gasteiger partial charge in [-0.2, -0.15) is 0 Å². The van der Waals surface area contributed by atoms with Crippen LogP contribution in [0.1, 0.15) is 0 Å². The van der Waals surface area contributed by atoms with Crippen LogP contribution in [0.15, 0.2) is 0 Å². The maximum Gasteiger partial charge on any atom is 0.142 e. The predicted molar refractivity (Wildman–Crippen MR) is 27.1 cm³/mol. The van der Waals surface area contributed by atoms with Crippen molar-refractivity contribution in [2.75, 3.05) is 0 Å². The number of hydrogen-bond donors (Lipinski definition) is 3. The molecule has 0 aromatic heterocycles. The van der Waals surface area contributed by atoms with Crippen molar-refractivity contribution in [3.63, 3.8) is 0 Å². The average molecular weight is 114 g/mol. The lowest BCUT2D eigenvalue weighted by Crippen LogP contribution is -1.24. The van der Waals surface area contributed by atoms with E-state index in [0.29, 0.717) is 0 Å². The Morgan fingerprint density at radius 1 is 1.50 bits per heavy atom. The number of thiol groups is 2. The second-order valence-electron chi connectivity index (χ2n) is 0.268. The van der Waals surface area contributed by atoms with Gasteiger partial charge < -0.3 is 4.89 Å². The maximum absolute atomic E-state index is 7.85. The van der Waals surface area contributed by atoms with Crippen molar-refractivity contribution in [1.29, 1.82) is 0 Å². The third-order valence-electron chi connectivity index (χ3n) is 0. The monoisotopic (exact) mass is 114 g/mol. The summed E-state index contributed by atoms with van der Waals surface area (Å²) in [6.45, 7) is -1.23. The van der Waals surface area contributed by atoms with Crippen LogP contribution in [0.2, 0.25) is 0 Å². The minimum Gasteiger partial charge on any atom is -0.355 e. The normalized spacial score (nSPS) is 9.00. The summed E-state index contributed by atoms with van der Waals surface area (Å²) >= 11 is 6.90. The molecule has 0 atom stereocenters. The van der Waals surface area contributed by atoms with Gasteiger partial charge in [-0.3, -0.25) is 0 Å². The molecule has 0 rings (SSSR count). The number of hydrogen-bond acceptors (Lipinski definition) is 3. The molecular weight excluding hydrogens is 111 g/mol. The van der Waals surface area contributed by atoms with E-state index < -0.39 is 6.55 Å². The Morgan fingerprint density at radius 3 is 1.50 bits per heavy atom. The predicted octanol–water partition coefficient (Wildman–Crippen LogP) is 1.07. The Morgan fingerprint density at radius 2 is 1.50 bits per heavy atom. The standard InChI is InChI=1S/H3OPS2/c1-2(3)4/h1,3-4H. The zero-order valence-electron chi connectivity index (χ0n) is 1.79. The van der Waals surface area contributed by atoms with Crippen LogP contribution < -0.4 is 0 Å². The van der Waals surface area contributed by atoms with Gasteiger partial charge in [0, 0.05) is 0 Å². The molecule has 0 aliphatic carbocycles. The molecule has 0 amide bonds. The summed E-state index contributed by atoms with van der Waals surface area (Å²) in [6.07, 6.45) is 0. The third kappa shape index (κ3) is 11.4. The van der Waals surface area contributed by atoms with Crippen molar-refractivity contribution in [3.8, 4) is 0 Å². The van der Waals surface area contributed by atoms with Gasteiger partial charge in [0.1, 0.15) is 6.55 Å². The van der Waals surface area contributed by atoms with E-state index in [9.17, 15) is 0 Å². The Balaban J connectivity index is 2.32. The lowest BCUT2D eigenvalue weighted by atomic mass is 15.9. The molecule has 0 spiro atoms. The molecule has 1 N–H and O–H groups in total. The van der Waals surface area contributed by atoms with Crippen LogP contribution in [0.4, 0.5) is 0 Å². The first-order valence-electron chi connectivity index (χ1n) is 0.600. The number of rotatable bonds is 0. The van der Waals surface area contributed by atoms with Gasteiger partial charge in [-0.1, -0.05) is 0 Å². The molecule has 4 heavy (non-hydrogen) atoms. The van der Waals surface area contributed by atoms with E-state index >= 15 is 0 Å². The zero-order chi connectivity index (χ0) is 3.58. The molecule has 0 fully saturated rings. The van der Waals surface area contributed by atoms with Crippen molar-refractivity contribution in [2.45, 2.75) is 0 Å². The Bertz CT molecular complexity index is 10.8. The van der Waals surface area contributed by atoms with Crippen molar-refractivity contribution in [1.82, 2.24) is 0 Å². The molecule has 4 heteroatoms. The topological polar surface area (TPSA) is 20.2 Å². The molecule has 0 aliphatic heterocycles. The van der Waals surface area contributed by atoms with Gasteiger partial charge in [-0.15, -0.1) is 24.5 Å². The van der Waals surface area contributed by atoms with E-state index in [0.717, 1.165) is 0 Å². The van der Waals surface area contributed by atoms with Gasteiger partial charge in [0.05, 0.1) is 0 Å². The quantitative estimate of drug-likeness (QED) is 0.318. The van der Waals surface area contributed by atoms with Gasteiger partial charge in [0.2, 0.25) is 0 Å². The van der Waals surface area contributed by atoms with Crippen molar-refractivity contribution < 1.29 is 4.89 Å². The fourth-order valence-corrected chi connectivity index (χ4v) is 0. The van der Waals surface area contributed by atoms with Gasteiger partial charge in [0.25, 0.3) is 0 Å². The lowest BCUT2D eigenvalue weighted by Gasteiger charge is -1.77. The Kier molecular flexibility index (Phi) is 2.97. The summed E-state index contributed by atoms with van der Waals surface area (Å²) in [5.41, 5.74) is 0. The first-order valence-corrected chi connectivity index (χ1v) is 4.20. The molecule has 1 nitrogen and oxygen atoms in total. The van der Waals surface area contributed by atoms with Gasteiger partial charge in [-0.05, 0) is 0 Å². The SMILES string of the molecule is OP(S)S. The zero-order valence-corrected chi connectivity index (χ0v) is 4.47. The van der Waals surface area contributed by atoms with Crippen molar-refractivity contribution in [3.05, 3.63) is 0 Å². The minimum absolute atomic E-state index is 1.23. The van der Waals surface area contributed by atoms with E-state index in [1.165, 1.54) is 0 Å². The van der Waals surface area contributed by atoms with Gasteiger partial charge in [-0.25, -0.2) is 0 Å². The molecular formula is H3OPS2. The molecule has 0 saturated heterocycles. The van der Waals surface area contributed by atoms with Crippen LogP contribution in [0, 0.1) is 0 Å². The lowest BCUT2D eigenvalue weighted by molar-refractivity contribution is 0.657. The fourth-order valence-electron chi connectivity index (χ4n) is 0. The van der Waals surface area contributed by atoms with Crippen molar-refractivity contribution >= 4 is 31.0 Å². The third-order valence-corrected chi connectivity index (χ3v) is 0. The summed E-state index contributed by atoms with van der Waals surface area (Å²) in [7, 11) is 0. The van der Waals surface area contributed by atoms with Crippen LogP contribution in [-0.4, -0.2) is 4.89 Å². The van der Waals surface area contributed by atoms with Crippen molar-refractivity contribution in [2.24, 2.45) is 0 Å². The maximum atomic E-state index is 7.85. The molecule has 0 saturated carbocycles. The van der Waals surface area contributed by atoms with E-state index in [4.69, 9.17) is 4.89 Å². The van der Waals surface area contributed by atoms with E-state index in [1.54, 1.807) is 0 Å². The molecule has 26 valence electrons. The Hall–Kier alpha value is 1.09. The molecule has 0 unspecified atom stereocenters. The van der Waals surface area contributed by atoms with Crippen LogP contribution >= 0.6 is 31.0 Å². The fraction of sp³-hybridized carbons (Fsp3) is 0. The molecule has 0 radical (unpaired) electrons. The van der Waals surface area contributed by atoms with Gasteiger partial charge in [0.15, 0.2) is 0 Å². The molecule has 0 aromatic carbocycles. The molecule has 0 bridgehead atoms. The summed E-state index contributed by atoms with van der Waals surface area (Å²) in [5.74, 6) is 0. The van der Waals surface area contributed by atoms with Gasteiger partial charge >= 0.3 is 0 Å². The average Bonchev–Trinajstić information content (AvgIpc) is 0.811. The highest BCUT2D eigenvalue weighted by Gasteiger charge is 1.72. The van der Waals surface area contributed by atoms with Crippen LogP contribution in [0.25, 0.3) is 0 Å². The van der Waals surface area contributed by atoms with Crippen LogP contribution in [0.3, 0.4) is 0 Å². The molecule has 0 heterocycles. The van der Waals surface area contributed by atoms with Crippen LogP contribution in [0.5, 0.6) is 0 Å². The highest BCUT2D eigenvalue weighted by molar-refractivity contribution is 8.76. The molecule has 0 aliphatic rings. The minimum atomic E-state index is -1.23. The summed E-state index contributed by atoms with van der Waals surface area (Å²) in [6, 6.07) is 0. The molecule has 0 aromatic rings. The first-order chi connectivity index (χ1) is 1.73. The second kappa shape index (κ2) is 2.33. The first kappa shape index (κ1) is 5.09. The summed E-state index contributed by atoms with van der Waals surface area (Å²) in [4.78, 5) is 7.85. The highest BCUT2D eigenvalue weighted by atomic mass is 33.1. The second-order valence-corrected chi connectivity index (χ2v) is 4.02. The van der Waals surface area contributed by atoms with E-state index in [1.807, 2.05) is 0 Å². The summed E-state index contributed by atoms with van der Waals surface area (Å²) in [5, 5.41) is 0. The highest BCUT2D eigenvalue weighted by Crippen LogP contribution is 2.39.